The Bertz CT molecular complexity index is 1390. The molecular weight excluding hydrogens is 482 g/mol. The Morgan fingerprint density at radius 2 is 2.06 bits per heavy atom. The number of anilines is 1. The van der Waals surface area contributed by atoms with Gasteiger partial charge >= 0.3 is 5.97 Å². The molecule has 0 aliphatic heterocycles. The lowest BCUT2D eigenvalue weighted by molar-refractivity contribution is -0.384. The molecule has 1 unspecified atom stereocenters. The average Bonchev–Trinajstić information content (AvgIpc) is 3.46. The van der Waals surface area contributed by atoms with Gasteiger partial charge in [-0.05, 0) is 61.9 Å². The molecule has 36 heavy (non-hydrogen) atoms. The first-order chi connectivity index (χ1) is 17.3. The first kappa shape index (κ1) is 24.9. The zero-order valence-electron chi connectivity index (χ0n) is 19.7. The Hall–Kier alpha value is -4.23. The number of furan rings is 1. The number of nitro benzene ring substituents is 1. The highest BCUT2D eigenvalue weighted by Gasteiger charge is 2.29. The number of hydrogen-bond acceptors (Lipinski definition) is 8. The van der Waals surface area contributed by atoms with Crippen LogP contribution in [-0.4, -0.2) is 23.4 Å². The van der Waals surface area contributed by atoms with E-state index >= 15 is 0 Å². The second kappa shape index (κ2) is 10.6. The van der Waals surface area contributed by atoms with Crippen LogP contribution in [0.15, 0.2) is 46.4 Å². The molecule has 1 amide bonds. The maximum absolute atomic E-state index is 13.0. The minimum atomic E-state index is -0.664. The molecule has 2 heterocycles. The molecule has 1 aromatic carbocycles. The van der Waals surface area contributed by atoms with E-state index in [1.807, 2.05) is 6.07 Å². The Morgan fingerprint density at radius 3 is 2.72 bits per heavy atom. The molecule has 0 bridgehead atoms. The molecule has 9 nitrogen and oxygen atoms in total. The molecule has 3 aromatic rings. The van der Waals surface area contributed by atoms with Gasteiger partial charge in [-0.15, -0.1) is 11.3 Å². The topological polar surface area (TPSA) is 135 Å². The highest BCUT2D eigenvalue weighted by molar-refractivity contribution is 7.17. The smallest absolute Gasteiger partial charge is 0.341 e. The number of nitrogens with zero attached hydrogens (tertiary/aromatic N) is 2. The third-order valence-electron chi connectivity index (χ3n) is 5.86. The maximum atomic E-state index is 13.0. The molecule has 1 aliphatic rings. The van der Waals surface area contributed by atoms with Crippen molar-refractivity contribution in [3.63, 3.8) is 0 Å². The van der Waals surface area contributed by atoms with Gasteiger partial charge in [0.05, 0.1) is 17.1 Å². The van der Waals surface area contributed by atoms with Crippen LogP contribution in [0.5, 0.6) is 0 Å². The molecule has 0 fully saturated rings. The van der Waals surface area contributed by atoms with Gasteiger partial charge in [0, 0.05) is 28.6 Å². The van der Waals surface area contributed by atoms with Crippen molar-refractivity contribution >= 4 is 40.0 Å². The first-order valence-electron chi connectivity index (χ1n) is 11.4. The van der Waals surface area contributed by atoms with Gasteiger partial charge in [-0.1, -0.05) is 6.92 Å². The van der Waals surface area contributed by atoms with E-state index in [1.54, 1.807) is 31.2 Å². The summed E-state index contributed by atoms with van der Waals surface area (Å²) in [6.07, 6.45) is 3.81. The number of thiophene rings is 1. The summed E-state index contributed by atoms with van der Waals surface area (Å²) in [5, 5.41) is 23.6. The van der Waals surface area contributed by atoms with E-state index in [4.69, 9.17) is 9.15 Å². The second-order valence-electron chi connectivity index (χ2n) is 8.41. The van der Waals surface area contributed by atoms with Crippen molar-refractivity contribution < 1.29 is 23.7 Å². The lowest BCUT2D eigenvalue weighted by Gasteiger charge is -2.18. The van der Waals surface area contributed by atoms with Gasteiger partial charge in [0.1, 0.15) is 28.2 Å². The van der Waals surface area contributed by atoms with Gasteiger partial charge in [0.25, 0.3) is 11.6 Å². The van der Waals surface area contributed by atoms with Crippen molar-refractivity contribution in [1.82, 2.24) is 0 Å². The Labute approximate surface area is 211 Å². The lowest BCUT2D eigenvalue weighted by Crippen LogP contribution is -2.17. The summed E-state index contributed by atoms with van der Waals surface area (Å²) in [5.41, 5.74) is 1.65. The average molecular weight is 506 g/mol. The standard InChI is InChI=1S/C26H23N3O6S/c1-3-34-26(31)23-20-10-4-15(2)12-22(20)36-25(23)28-24(30)17(14-27)13-19-9-11-21(35-19)16-5-7-18(8-6-16)29(32)33/h5-9,11,13,15H,3-4,10,12H2,1-2H3,(H,28,30)/b17-13+. The molecule has 4 rings (SSSR count). The fraction of sp³-hybridized carbons (Fsp3) is 0.269. The summed E-state index contributed by atoms with van der Waals surface area (Å²) < 4.78 is 11.0. The number of rotatable bonds is 7. The molecule has 2 aromatic heterocycles. The highest BCUT2D eigenvalue weighted by Crippen LogP contribution is 2.40. The fourth-order valence-electron chi connectivity index (χ4n) is 4.05. The number of benzene rings is 1. The van der Waals surface area contributed by atoms with Crippen LogP contribution in [0.1, 0.15) is 46.8 Å². The number of esters is 1. The van der Waals surface area contributed by atoms with E-state index in [0.29, 0.717) is 27.8 Å². The Balaban J connectivity index is 1.57. The molecule has 0 radical (unpaired) electrons. The summed E-state index contributed by atoms with van der Waals surface area (Å²) in [5.74, 6) is 0.0239. The van der Waals surface area contributed by atoms with Gasteiger partial charge in [-0.25, -0.2) is 4.79 Å². The molecule has 1 atom stereocenters. The van der Waals surface area contributed by atoms with Crippen LogP contribution in [0.4, 0.5) is 10.7 Å². The fourth-order valence-corrected chi connectivity index (χ4v) is 5.45. The van der Waals surface area contributed by atoms with E-state index in [0.717, 1.165) is 29.7 Å². The number of nitriles is 1. The molecule has 1 aliphatic carbocycles. The summed E-state index contributed by atoms with van der Waals surface area (Å²) in [6.45, 7) is 4.09. The monoisotopic (exact) mass is 505 g/mol. The van der Waals surface area contributed by atoms with Crippen LogP contribution < -0.4 is 5.32 Å². The zero-order chi connectivity index (χ0) is 25.8. The van der Waals surface area contributed by atoms with Crippen molar-refractivity contribution in [2.45, 2.75) is 33.1 Å². The number of carbonyl (C=O) groups excluding carboxylic acids is 2. The van der Waals surface area contributed by atoms with Crippen molar-refractivity contribution in [3.05, 3.63) is 73.8 Å². The number of amides is 1. The lowest BCUT2D eigenvalue weighted by atomic mass is 9.88. The van der Waals surface area contributed by atoms with Crippen molar-refractivity contribution in [2.24, 2.45) is 5.92 Å². The minimum Gasteiger partial charge on any atom is -0.462 e. The number of non-ortho nitro benzene ring substituents is 1. The van der Waals surface area contributed by atoms with Crippen molar-refractivity contribution in [2.75, 3.05) is 11.9 Å². The molecule has 0 saturated carbocycles. The maximum Gasteiger partial charge on any atom is 0.341 e. The molecule has 1 N–H and O–H groups in total. The van der Waals surface area contributed by atoms with E-state index in [9.17, 15) is 25.0 Å². The van der Waals surface area contributed by atoms with Gasteiger partial charge in [-0.3, -0.25) is 14.9 Å². The summed E-state index contributed by atoms with van der Waals surface area (Å²) in [4.78, 5) is 37.1. The van der Waals surface area contributed by atoms with E-state index in [2.05, 4.69) is 12.2 Å². The van der Waals surface area contributed by atoms with E-state index < -0.39 is 16.8 Å². The molecular formula is C26H23N3O6S. The summed E-state index contributed by atoms with van der Waals surface area (Å²) >= 11 is 1.35. The van der Waals surface area contributed by atoms with Crippen LogP contribution in [0, 0.1) is 27.4 Å². The van der Waals surface area contributed by atoms with Crippen LogP contribution in [0.2, 0.25) is 0 Å². The third-order valence-corrected chi connectivity index (χ3v) is 7.03. The van der Waals surface area contributed by atoms with Crippen molar-refractivity contribution in [3.8, 4) is 17.4 Å². The molecule has 10 heteroatoms. The number of hydrogen-bond donors (Lipinski definition) is 1. The second-order valence-corrected chi connectivity index (χ2v) is 9.51. The quantitative estimate of drug-likeness (QED) is 0.142. The SMILES string of the molecule is CCOC(=O)c1c(NC(=O)/C(C#N)=C/c2ccc(-c3ccc([N+](=O)[O-])cc3)o2)sc2c1CCC(C)C2. The van der Waals surface area contributed by atoms with Gasteiger partial charge in [0.2, 0.25) is 0 Å². The summed E-state index contributed by atoms with van der Waals surface area (Å²) in [7, 11) is 0. The number of nitrogens with one attached hydrogen (secondary N) is 1. The van der Waals surface area contributed by atoms with E-state index in [1.165, 1.54) is 29.5 Å². The molecule has 0 spiro atoms. The highest BCUT2D eigenvalue weighted by atomic mass is 32.1. The Morgan fingerprint density at radius 1 is 1.31 bits per heavy atom. The first-order valence-corrected chi connectivity index (χ1v) is 12.2. The predicted molar refractivity (Wildman–Crippen MR) is 134 cm³/mol. The normalized spacial score (nSPS) is 15.0. The van der Waals surface area contributed by atoms with Crippen LogP contribution in [0.3, 0.4) is 0 Å². The Kier molecular flexibility index (Phi) is 7.31. The number of ether oxygens (including phenoxy) is 1. The van der Waals surface area contributed by atoms with Gasteiger partial charge in [0.15, 0.2) is 0 Å². The number of carbonyl (C=O) groups is 2. The van der Waals surface area contributed by atoms with Crippen LogP contribution >= 0.6 is 11.3 Å². The van der Waals surface area contributed by atoms with Crippen molar-refractivity contribution in [1.29, 1.82) is 5.26 Å². The molecule has 0 saturated heterocycles. The predicted octanol–water partition coefficient (Wildman–Crippen LogP) is 5.76. The number of fused-ring (bicyclic) bond motifs is 1. The molecule has 184 valence electrons. The largest absolute Gasteiger partial charge is 0.462 e. The van der Waals surface area contributed by atoms with Gasteiger partial charge < -0.3 is 14.5 Å². The number of nitro groups is 1. The van der Waals surface area contributed by atoms with Crippen LogP contribution in [-0.2, 0) is 22.4 Å². The third kappa shape index (κ3) is 5.21. The summed E-state index contributed by atoms with van der Waals surface area (Å²) in [6, 6.07) is 11.0. The van der Waals surface area contributed by atoms with Crippen LogP contribution in [0.25, 0.3) is 17.4 Å². The zero-order valence-corrected chi connectivity index (χ0v) is 20.5. The van der Waals surface area contributed by atoms with E-state index in [-0.39, 0.29) is 23.6 Å². The minimum absolute atomic E-state index is 0.0410. The van der Waals surface area contributed by atoms with Gasteiger partial charge in [-0.2, -0.15) is 5.26 Å².